The van der Waals surface area contributed by atoms with Crippen molar-refractivity contribution in [2.75, 3.05) is 6.61 Å². The molecule has 0 rings (SSSR count). The summed E-state index contributed by atoms with van der Waals surface area (Å²) in [6.45, 7) is 4.21. The molecule has 4 nitrogen and oxygen atoms in total. The Labute approximate surface area is 393 Å². The van der Waals surface area contributed by atoms with Gasteiger partial charge in [0.2, 0.25) is 5.91 Å². The van der Waals surface area contributed by atoms with Crippen LogP contribution < -0.4 is 5.32 Å². The molecule has 0 saturated heterocycles. The number of allylic oxidation sites excluding steroid dienone is 11. The lowest BCUT2D eigenvalue weighted by atomic mass is 10.0. The Hall–Kier alpha value is -2.17. The molecule has 0 aliphatic heterocycles. The van der Waals surface area contributed by atoms with Crippen LogP contribution >= 0.6 is 0 Å². The smallest absolute Gasteiger partial charge is 0.220 e. The van der Waals surface area contributed by atoms with Crippen LogP contribution in [0, 0.1) is 0 Å². The van der Waals surface area contributed by atoms with Crippen molar-refractivity contribution in [2.45, 2.75) is 289 Å². The van der Waals surface area contributed by atoms with Gasteiger partial charge in [0, 0.05) is 6.42 Å². The fourth-order valence-corrected chi connectivity index (χ4v) is 8.27. The Bertz CT molecular complexity index is 1090. The first-order chi connectivity index (χ1) is 31.2. The number of hydrogen-bond donors (Lipinski definition) is 3. The van der Waals surface area contributed by atoms with Crippen LogP contribution in [-0.2, 0) is 4.79 Å². The number of aliphatic hydroxyl groups excluding tert-OH is 2. The maximum Gasteiger partial charge on any atom is 0.220 e. The minimum atomic E-state index is -0.849. The van der Waals surface area contributed by atoms with Crippen molar-refractivity contribution in [1.82, 2.24) is 5.32 Å². The molecule has 2 atom stereocenters. The number of carbonyl (C=O) groups excluding carboxylic acids is 1. The fourth-order valence-electron chi connectivity index (χ4n) is 8.27. The lowest BCUT2D eigenvalue weighted by Crippen LogP contribution is -2.45. The Morgan fingerprint density at radius 3 is 1.05 bits per heavy atom. The molecular formula is C59H107NO3. The van der Waals surface area contributed by atoms with E-state index >= 15 is 0 Å². The highest BCUT2D eigenvalue weighted by atomic mass is 16.3. The van der Waals surface area contributed by atoms with Gasteiger partial charge in [0.05, 0.1) is 18.8 Å². The molecule has 0 fully saturated rings. The van der Waals surface area contributed by atoms with E-state index in [0.717, 1.165) is 70.6 Å². The van der Waals surface area contributed by atoms with Crippen LogP contribution in [0.4, 0.5) is 0 Å². The Kier molecular flexibility index (Phi) is 52.3. The van der Waals surface area contributed by atoms with Crippen molar-refractivity contribution in [3.8, 4) is 0 Å². The molecule has 3 N–H and O–H groups in total. The zero-order chi connectivity index (χ0) is 45.6. The first-order valence-corrected chi connectivity index (χ1v) is 27.7. The minimum absolute atomic E-state index is 0.0750. The van der Waals surface area contributed by atoms with Gasteiger partial charge in [-0.3, -0.25) is 4.79 Å². The van der Waals surface area contributed by atoms with E-state index in [1.165, 1.54) is 186 Å². The zero-order valence-electron chi connectivity index (χ0n) is 42.1. The molecule has 0 spiro atoms. The summed E-state index contributed by atoms with van der Waals surface area (Å²) in [7, 11) is 0. The first-order valence-electron chi connectivity index (χ1n) is 27.7. The van der Waals surface area contributed by atoms with Crippen molar-refractivity contribution in [1.29, 1.82) is 0 Å². The molecule has 0 aliphatic rings. The largest absolute Gasteiger partial charge is 0.394 e. The van der Waals surface area contributed by atoms with Crippen molar-refractivity contribution >= 4 is 5.91 Å². The predicted molar refractivity (Wildman–Crippen MR) is 281 cm³/mol. The third-order valence-electron chi connectivity index (χ3n) is 12.4. The maximum atomic E-state index is 12.5. The van der Waals surface area contributed by atoms with Gasteiger partial charge in [-0.05, 0) is 64.2 Å². The molecule has 0 saturated carbocycles. The summed E-state index contributed by atoms with van der Waals surface area (Å²) in [6, 6.07) is -0.634. The van der Waals surface area contributed by atoms with E-state index in [0.29, 0.717) is 6.42 Å². The molecule has 0 aromatic heterocycles. The average molecular weight is 879 g/mol. The van der Waals surface area contributed by atoms with Crippen molar-refractivity contribution < 1.29 is 15.0 Å². The van der Waals surface area contributed by atoms with E-state index in [1.54, 1.807) is 6.08 Å². The molecule has 1 amide bonds. The highest BCUT2D eigenvalue weighted by Crippen LogP contribution is 2.17. The number of nitrogens with one attached hydrogen (secondary N) is 1. The Morgan fingerprint density at radius 2 is 0.698 bits per heavy atom. The van der Waals surface area contributed by atoms with E-state index in [9.17, 15) is 15.0 Å². The van der Waals surface area contributed by atoms with Crippen LogP contribution in [0.2, 0.25) is 0 Å². The number of hydrogen-bond acceptors (Lipinski definition) is 3. The van der Waals surface area contributed by atoms with E-state index in [4.69, 9.17) is 0 Å². The highest BCUT2D eigenvalue weighted by molar-refractivity contribution is 5.76. The first kappa shape index (κ1) is 60.8. The number of carbonyl (C=O) groups is 1. The van der Waals surface area contributed by atoms with Crippen molar-refractivity contribution in [3.05, 3.63) is 72.9 Å². The Morgan fingerprint density at radius 1 is 0.397 bits per heavy atom. The summed E-state index contributed by atoms with van der Waals surface area (Å²) in [5.74, 6) is -0.0750. The highest BCUT2D eigenvalue weighted by Gasteiger charge is 2.18. The zero-order valence-corrected chi connectivity index (χ0v) is 42.1. The second kappa shape index (κ2) is 54.2. The molecule has 0 aromatic rings. The van der Waals surface area contributed by atoms with Gasteiger partial charge in [-0.2, -0.15) is 0 Å². The molecule has 63 heavy (non-hydrogen) atoms. The van der Waals surface area contributed by atoms with Crippen LogP contribution in [0.3, 0.4) is 0 Å². The van der Waals surface area contributed by atoms with Gasteiger partial charge in [-0.1, -0.05) is 279 Å². The van der Waals surface area contributed by atoms with E-state index < -0.39 is 12.1 Å². The molecule has 0 bridgehead atoms. The molecule has 366 valence electrons. The summed E-state index contributed by atoms with van der Waals surface area (Å²) < 4.78 is 0. The minimum Gasteiger partial charge on any atom is -0.394 e. The summed E-state index contributed by atoms with van der Waals surface area (Å²) in [5, 5.41) is 23.2. The normalized spacial score (nSPS) is 13.4. The monoisotopic (exact) mass is 878 g/mol. The van der Waals surface area contributed by atoms with E-state index in [1.807, 2.05) is 6.08 Å². The van der Waals surface area contributed by atoms with Gasteiger partial charge in [0.1, 0.15) is 0 Å². The van der Waals surface area contributed by atoms with Crippen LogP contribution in [0.25, 0.3) is 0 Å². The predicted octanol–water partition coefficient (Wildman–Crippen LogP) is 18.2. The third kappa shape index (κ3) is 50.7. The fraction of sp³-hybridized carbons (Fsp3) is 0.780. The quantitative estimate of drug-likeness (QED) is 0.0421. The summed E-state index contributed by atoms with van der Waals surface area (Å²) >= 11 is 0. The van der Waals surface area contributed by atoms with Gasteiger partial charge in [0.15, 0.2) is 0 Å². The van der Waals surface area contributed by atoms with Gasteiger partial charge >= 0.3 is 0 Å². The van der Waals surface area contributed by atoms with Crippen LogP contribution in [0.1, 0.15) is 277 Å². The average Bonchev–Trinajstić information content (AvgIpc) is 3.29. The van der Waals surface area contributed by atoms with Gasteiger partial charge in [-0.25, -0.2) is 0 Å². The van der Waals surface area contributed by atoms with Crippen molar-refractivity contribution in [3.63, 3.8) is 0 Å². The second-order valence-electron chi connectivity index (χ2n) is 18.6. The maximum absolute atomic E-state index is 12.5. The topological polar surface area (TPSA) is 69.6 Å². The number of aliphatic hydroxyl groups is 2. The Balaban J connectivity index is 3.54. The van der Waals surface area contributed by atoms with Crippen LogP contribution in [0.15, 0.2) is 72.9 Å². The van der Waals surface area contributed by atoms with Gasteiger partial charge in [0.25, 0.3) is 0 Å². The number of amides is 1. The summed E-state index contributed by atoms with van der Waals surface area (Å²) in [4.78, 5) is 12.5. The van der Waals surface area contributed by atoms with E-state index in [-0.39, 0.29) is 12.5 Å². The third-order valence-corrected chi connectivity index (χ3v) is 12.4. The number of unbranched alkanes of at least 4 members (excludes halogenated alkanes) is 33. The molecule has 2 unspecified atom stereocenters. The molecular weight excluding hydrogens is 771 g/mol. The molecule has 4 heteroatoms. The lowest BCUT2D eigenvalue weighted by molar-refractivity contribution is -0.123. The van der Waals surface area contributed by atoms with Crippen LogP contribution in [-0.4, -0.2) is 34.9 Å². The summed E-state index contributed by atoms with van der Waals surface area (Å²) in [5.41, 5.74) is 0. The summed E-state index contributed by atoms with van der Waals surface area (Å²) in [6.07, 6.45) is 77.7. The number of rotatable bonds is 50. The van der Waals surface area contributed by atoms with Crippen LogP contribution in [0.5, 0.6) is 0 Å². The van der Waals surface area contributed by atoms with Gasteiger partial charge < -0.3 is 15.5 Å². The lowest BCUT2D eigenvalue weighted by Gasteiger charge is -2.20. The van der Waals surface area contributed by atoms with E-state index in [2.05, 4.69) is 79.9 Å². The molecule has 0 aromatic carbocycles. The molecule has 0 aliphatic carbocycles. The molecule has 0 radical (unpaired) electrons. The SMILES string of the molecule is CC/C=C\C/C=C\C/C=C\C/C=C\C/C=C\CCCCCCCCCC(=O)NC(CO)C(O)/C=C/CCCCCCCCCCCCCCCCCCCCCCCCCCCC. The van der Waals surface area contributed by atoms with Crippen molar-refractivity contribution in [2.24, 2.45) is 0 Å². The van der Waals surface area contributed by atoms with Gasteiger partial charge in [-0.15, -0.1) is 0 Å². The molecule has 0 heterocycles. The standard InChI is InChI=1S/C59H107NO3/c1-3-5-7-9-11-13-15-17-19-21-23-25-27-28-29-30-31-33-34-36-38-40-42-44-46-48-50-52-54-58(62)57(56-61)60-59(63)55-53-51-49-47-45-43-41-39-37-35-32-26-24-22-20-18-16-14-12-10-8-6-4-2/h6,8,12,14,18,20,24,26,35,37,52,54,57-58,61-62H,3-5,7,9-11,13,15-17,19,21-23,25,27-34,36,38-51,53,55-56H2,1-2H3,(H,60,63)/b8-6-,14-12-,20-18-,26-24-,37-35-,54-52+. The second-order valence-corrected chi connectivity index (χ2v) is 18.6.